The van der Waals surface area contributed by atoms with E-state index in [0.29, 0.717) is 12.1 Å². The first-order valence-corrected chi connectivity index (χ1v) is 5.60. The maximum Gasteiger partial charge on any atom is 0.183 e. The van der Waals surface area contributed by atoms with Crippen molar-refractivity contribution in [2.75, 3.05) is 0 Å². The molecule has 0 radical (unpaired) electrons. The van der Waals surface area contributed by atoms with Gasteiger partial charge in [-0.15, -0.1) is 0 Å². The molecule has 0 aliphatic carbocycles. The third-order valence-electron chi connectivity index (χ3n) is 2.61. The van der Waals surface area contributed by atoms with Crippen LogP contribution in [0.2, 0.25) is 0 Å². The number of benzene rings is 1. The van der Waals surface area contributed by atoms with Crippen molar-refractivity contribution in [3.63, 3.8) is 0 Å². The molecule has 2 aromatic rings. The van der Waals surface area contributed by atoms with E-state index < -0.39 is 0 Å². The van der Waals surface area contributed by atoms with Gasteiger partial charge in [0, 0.05) is 18.8 Å². The van der Waals surface area contributed by atoms with Gasteiger partial charge in [0.1, 0.15) is 5.69 Å². The summed E-state index contributed by atoms with van der Waals surface area (Å²) in [6, 6.07) is 8.23. The highest BCUT2D eigenvalue weighted by molar-refractivity contribution is 5.93. The van der Waals surface area contributed by atoms with E-state index in [1.807, 2.05) is 0 Å². The fourth-order valence-corrected chi connectivity index (χ4v) is 1.58. The van der Waals surface area contributed by atoms with Crippen molar-refractivity contribution in [1.82, 2.24) is 9.97 Å². The van der Waals surface area contributed by atoms with E-state index in [-0.39, 0.29) is 5.78 Å². The number of carbonyl (C=O) groups excluding carboxylic acids is 1. The van der Waals surface area contributed by atoms with Gasteiger partial charge in [0.2, 0.25) is 0 Å². The maximum absolute atomic E-state index is 11.8. The Morgan fingerprint density at radius 1 is 1.18 bits per heavy atom. The van der Waals surface area contributed by atoms with Crippen LogP contribution in [0.15, 0.2) is 42.9 Å². The predicted octanol–water partition coefficient (Wildman–Crippen LogP) is 2.60. The highest BCUT2D eigenvalue weighted by Crippen LogP contribution is 2.08. The van der Waals surface area contributed by atoms with E-state index >= 15 is 0 Å². The Bertz CT molecular complexity index is 491. The molecule has 1 heterocycles. The second-order valence-corrected chi connectivity index (χ2v) is 4.00. The van der Waals surface area contributed by atoms with E-state index in [1.165, 1.54) is 17.3 Å². The monoisotopic (exact) mass is 226 g/mol. The summed E-state index contributed by atoms with van der Waals surface area (Å²) >= 11 is 0. The standard InChI is InChI=1S/C14H14N2O/c1-11-2-4-12(5-3-11)6-7-14(17)13-10-15-8-9-16-13/h2-5,8-10H,6-7H2,1H3. The smallest absolute Gasteiger partial charge is 0.183 e. The van der Waals surface area contributed by atoms with Crippen LogP contribution in [0.25, 0.3) is 0 Å². The SMILES string of the molecule is Cc1ccc(CCC(=O)c2cnccn2)cc1. The Morgan fingerprint density at radius 3 is 2.59 bits per heavy atom. The van der Waals surface area contributed by atoms with Crippen LogP contribution in [-0.2, 0) is 6.42 Å². The first kappa shape index (κ1) is 11.5. The molecular formula is C14H14N2O. The topological polar surface area (TPSA) is 42.9 Å². The minimum atomic E-state index is 0.0404. The number of aryl methyl sites for hydroxylation is 2. The summed E-state index contributed by atoms with van der Waals surface area (Å²) < 4.78 is 0. The largest absolute Gasteiger partial charge is 0.292 e. The van der Waals surface area contributed by atoms with Crippen molar-refractivity contribution in [3.05, 3.63) is 59.7 Å². The second-order valence-electron chi connectivity index (χ2n) is 4.00. The number of Topliss-reactive ketones (excluding diaryl/α,β-unsaturated/α-hetero) is 1. The molecule has 1 aromatic heterocycles. The first-order chi connectivity index (χ1) is 8.25. The van der Waals surface area contributed by atoms with Gasteiger partial charge < -0.3 is 0 Å². The lowest BCUT2D eigenvalue weighted by atomic mass is 10.1. The molecule has 0 aliphatic rings. The normalized spacial score (nSPS) is 10.2. The molecule has 0 fully saturated rings. The van der Waals surface area contributed by atoms with Crippen molar-refractivity contribution >= 4 is 5.78 Å². The lowest BCUT2D eigenvalue weighted by Gasteiger charge is -2.01. The summed E-state index contributed by atoms with van der Waals surface area (Å²) in [4.78, 5) is 19.7. The predicted molar refractivity (Wildman–Crippen MR) is 65.9 cm³/mol. The van der Waals surface area contributed by atoms with E-state index in [0.717, 1.165) is 6.42 Å². The van der Waals surface area contributed by atoms with Gasteiger partial charge >= 0.3 is 0 Å². The molecule has 86 valence electrons. The minimum absolute atomic E-state index is 0.0404. The Labute approximate surface area is 101 Å². The zero-order valence-electron chi connectivity index (χ0n) is 9.76. The van der Waals surface area contributed by atoms with Crippen molar-refractivity contribution in [1.29, 1.82) is 0 Å². The summed E-state index contributed by atoms with van der Waals surface area (Å²) in [5.41, 5.74) is 2.85. The second kappa shape index (κ2) is 5.34. The van der Waals surface area contributed by atoms with Crippen LogP contribution >= 0.6 is 0 Å². The highest BCUT2D eigenvalue weighted by Gasteiger charge is 2.07. The van der Waals surface area contributed by atoms with Gasteiger partial charge in [0.05, 0.1) is 6.20 Å². The Morgan fingerprint density at radius 2 is 1.94 bits per heavy atom. The first-order valence-electron chi connectivity index (χ1n) is 5.60. The fourth-order valence-electron chi connectivity index (χ4n) is 1.58. The van der Waals surface area contributed by atoms with Crippen molar-refractivity contribution in [3.8, 4) is 0 Å². The number of nitrogens with zero attached hydrogens (tertiary/aromatic N) is 2. The summed E-state index contributed by atoms with van der Waals surface area (Å²) in [7, 11) is 0. The van der Waals surface area contributed by atoms with Gasteiger partial charge in [-0.05, 0) is 18.9 Å². The molecule has 3 heteroatoms. The van der Waals surface area contributed by atoms with Crippen molar-refractivity contribution in [2.24, 2.45) is 0 Å². The molecule has 0 atom stereocenters. The van der Waals surface area contributed by atoms with Gasteiger partial charge in [-0.1, -0.05) is 29.8 Å². The molecule has 0 unspecified atom stereocenters. The zero-order chi connectivity index (χ0) is 12.1. The van der Waals surface area contributed by atoms with Crippen LogP contribution in [0.3, 0.4) is 0 Å². The van der Waals surface area contributed by atoms with Gasteiger partial charge in [-0.3, -0.25) is 9.78 Å². The average molecular weight is 226 g/mol. The Kier molecular flexibility index (Phi) is 3.60. The van der Waals surface area contributed by atoms with E-state index in [4.69, 9.17) is 0 Å². The third kappa shape index (κ3) is 3.21. The summed E-state index contributed by atoms with van der Waals surface area (Å²) in [6.45, 7) is 2.05. The quantitative estimate of drug-likeness (QED) is 0.752. The minimum Gasteiger partial charge on any atom is -0.292 e. The van der Waals surface area contributed by atoms with E-state index in [2.05, 4.69) is 41.2 Å². The number of hydrogen-bond donors (Lipinski definition) is 0. The molecule has 0 aliphatic heterocycles. The van der Waals surface area contributed by atoms with Crippen molar-refractivity contribution in [2.45, 2.75) is 19.8 Å². The molecule has 0 N–H and O–H groups in total. The molecule has 1 aromatic carbocycles. The summed E-state index contributed by atoms with van der Waals surface area (Å²) in [5, 5.41) is 0. The molecule has 0 spiro atoms. The lowest BCUT2D eigenvalue weighted by Crippen LogP contribution is -2.04. The van der Waals surface area contributed by atoms with Crippen LogP contribution in [0.1, 0.15) is 28.0 Å². The maximum atomic E-state index is 11.8. The van der Waals surface area contributed by atoms with Crippen LogP contribution in [0, 0.1) is 6.92 Å². The molecule has 2 rings (SSSR count). The number of rotatable bonds is 4. The van der Waals surface area contributed by atoms with Crippen LogP contribution < -0.4 is 0 Å². The van der Waals surface area contributed by atoms with E-state index in [9.17, 15) is 4.79 Å². The van der Waals surface area contributed by atoms with Crippen molar-refractivity contribution < 1.29 is 4.79 Å². The number of hydrogen-bond acceptors (Lipinski definition) is 3. The van der Waals surface area contributed by atoms with Gasteiger partial charge in [-0.25, -0.2) is 4.98 Å². The van der Waals surface area contributed by atoms with Gasteiger partial charge in [0.25, 0.3) is 0 Å². The number of aromatic nitrogens is 2. The van der Waals surface area contributed by atoms with Gasteiger partial charge in [-0.2, -0.15) is 0 Å². The van der Waals surface area contributed by atoms with Gasteiger partial charge in [0.15, 0.2) is 5.78 Å². The highest BCUT2D eigenvalue weighted by atomic mass is 16.1. The molecule has 3 nitrogen and oxygen atoms in total. The van der Waals surface area contributed by atoms with E-state index in [1.54, 1.807) is 12.4 Å². The summed E-state index contributed by atoms with van der Waals surface area (Å²) in [6.07, 6.45) is 5.84. The molecule has 0 bridgehead atoms. The molecule has 17 heavy (non-hydrogen) atoms. The van der Waals surface area contributed by atoms with Crippen LogP contribution in [0.5, 0.6) is 0 Å². The third-order valence-corrected chi connectivity index (χ3v) is 2.61. The zero-order valence-corrected chi connectivity index (χ0v) is 9.76. The lowest BCUT2D eigenvalue weighted by molar-refractivity contribution is 0.0977. The number of ketones is 1. The summed E-state index contributed by atoms with van der Waals surface area (Å²) in [5.74, 6) is 0.0404. The number of carbonyl (C=O) groups is 1. The molecule has 0 saturated heterocycles. The fraction of sp³-hybridized carbons (Fsp3) is 0.214. The average Bonchev–Trinajstić information content (AvgIpc) is 2.39. The molecular weight excluding hydrogens is 212 g/mol. The van der Waals surface area contributed by atoms with Crippen LogP contribution in [-0.4, -0.2) is 15.8 Å². The Hall–Kier alpha value is -2.03. The van der Waals surface area contributed by atoms with Crippen LogP contribution in [0.4, 0.5) is 0 Å². The Balaban J connectivity index is 1.95. The molecule has 0 saturated carbocycles. The molecule has 0 amide bonds.